The Labute approximate surface area is 120 Å². The Morgan fingerprint density at radius 2 is 2.00 bits per heavy atom. The Hall–Kier alpha value is 0.0500. The minimum absolute atomic E-state index is 0.203. The molecule has 1 heterocycles. The number of thiophene rings is 1. The summed E-state index contributed by atoms with van der Waals surface area (Å²) in [5, 5.41) is 9.39. The van der Waals surface area contributed by atoms with Crippen LogP contribution in [0.4, 0.5) is 0 Å². The highest BCUT2D eigenvalue weighted by Gasteiger charge is 2.22. The third-order valence-electron chi connectivity index (χ3n) is 3.19. The molecule has 4 nitrogen and oxygen atoms in total. The Morgan fingerprint density at radius 1 is 1.33 bits per heavy atom. The van der Waals surface area contributed by atoms with Crippen molar-refractivity contribution in [2.45, 2.75) is 36.0 Å². The topological polar surface area (TPSA) is 66.4 Å². The largest absolute Gasteiger partial charge is 0.393 e. The number of hydrogen-bond donors (Lipinski definition) is 2. The lowest BCUT2D eigenvalue weighted by molar-refractivity contribution is 0.110. The van der Waals surface area contributed by atoms with Crippen molar-refractivity contribution < 1.29 is 13.5 Å². The molecule has 0 amide bonds. The Morgan fingerprint density at radius 3 is 2.56 bits per heavy atom. The molecule has 2 N–H and O–H groups in total. The van der Waals surface area contributed by atoms with E-state index in [9.17, 15) is 13.5 Å². The number of hydrogen-bond acceptors (Lipinski definition) is 4. The van der Waals surface area contributed by atoms with Crippen LogP contribution in [-0.4, -0.2) is 26.2 Å². The molecule has 7 heteroatoms. The number of nitrogens with one attached hydrogen (secondary N) is 1. The quantitative estimate of drug-likeness (QED) is 0.872. The van der Waals surface area contributed by atoms with Gasteiger partial charge in [0.05, 0.1) is 9.89 Å². The molecule has 2 rings (SSSR count). The number of halogens is 1. The minimum Gasteiger partial charge on any atom is -0.393 e. The van der Waals surface area contributed by atoms with Gasteiger partial charge in [-0.3, -0.25) is 0 Å². The third kappa shape index (κ3) is 3.77. The van der Waals surface area contributed by atoms with E-state index in [-0.39, 0.29) is 6.10 Å². The molecule has 0 bridgehead atoms. The van der Waals surface area contributed by atoms with E-state index in [0.717, 1.165) is 29.5 Å². The van der Waals surface area contributed by atoms with Crippen molar-refractivity contribution >= 4 is 37.3 Å². The zero-order valence-corrected chi connectivity index (χ0v) is 13.0. The van der Waals surface area contributed by atoms with Gasteiger partial charge in [-0.15, -0.1) is 11.3 Å². The van der Waals surface area contributed by atoms with Gasteiger partial charge in [0, 0.05) is 6.54 Å². The zero-order valence-electron chi connectivity index (χ0n) is 9.80. The van der Waals surface area contributed by atoms with Crippen molar-refractivity contribution in [2.24, 2.45) is 5.92 Å². The van der Waals surface area contributed by atoms with E-state index in [1.54, 1.807) is 12.1 Å². The fourth-order valence-corrected chi connectivity index (χ4v) is 5.26. The molecule has 1 aliphatic carbocycles. The van der Waals surface area contributed by atoms with E-state index >= 15 is 0 Å². The van der Waals surface area contributed by atoms with Crippen molar-refractivity contribution in [1.29, 1.82) is 0 Å². The summed E-state index contributed by atoms with van der Waals surface area (Å²) in [4.78, 5) is 0. The molecule has 0 unspecified atom stereocenters. The maximum atomic E-state index is 12.0. The summed E-state index contributed by atoms with van der Waals surface area (Å²) in [6.45, 7) is 0.463. The van der Waals surface area contributed by atoms with Crippen LogP contribution in [0.3, 0.4) is 0 Å². The minimum atomic E-state index is -3.38. The molecule has 1 fully saturated rings. The van der Waals surface area contributed by atoms with Crippen LogP contribution in [0.5, 0.6) is 0 Å². The van der Waals surface area contributed by atoms with Crippen LogP contribution >= 0.6 is 27.3 Å². The fourth-order valence-electron chi connectivity index (χ4n) is 2.09. The number of sulfonamides is 1. The Balaban J connectivity index is 1.90. The van der Waals surface area contributed by atoms with Crippen LogP contribution in [-0.2, 0) is 10.0 Å². The number of aliphatic hydroxyl groups is 1. The molecule has 1 aromatic heterocycles. The summed E-state index contributed by atoms with van der Waals surface area (Å²) in [5.41, 5.74) is 0. The molecule has 1 aliphatic rings. The Bertz CT molecular complexity index is 492. The molecule has 102 valence electrons. The fraction of sp³-hybridized carbons (Fsp3) is 0.636. The van der Waals surface area contributed by atoms with Gasteiger partial charge in [0.15, 0.2) is 0 Å². The van der Waals surface area contributed by atoms with Gasteiger partial charge in [-0.1, -0.05) is 0 Å². The van der Waals surface area contributed by atoms with Crippen molar-refractivity contribution in [1.82, 2.24) is 4.72 Å². The van der Waals surface area contributed by atoms with Gasteiger partial charge >= 0.3 is 0 Å². The van der Waals surface area contributed by atoms with Crippen LogP contribution in [0.25, 0.3) is 0 Å². The molecular weight excluding hydrogens is 338 g/mol. The number of rotatable bonds is 4. The SMILES string of the molecule is O=S(=O)(NCC1CCC(O)CC1)c1ccc(Br)s1. The first-order chi connectivity index (χ1) is 8.47. The number of aliphatic hydroxyl groups excluding tert-OH is 1. The van der Waals surface area contributed by atoms with Gasteiger partial charge in [-0.05, 0) is 59.7 Å². The highest BCUT2D eigenvalue weighted by Crippen LogP contribution is 2.27. The van der Waals surface area contributed by atoms with Gasteiger partial charge in [-0.25, -0.2) is 13.1 Å². The van der Waals surface area contributed by atoms with Crippen LogP contribution in [0.2, 0.25) is 0 Å². The summed E-state index contributed by atoms with van der Waals surface area (Å²) in [6.07, 6.45) is 3.12. The summed E-state index contributed by atoms with van der Waals surface area (Å²) in [5.74, 6) is 0.339. The summed E-state index contributed by atoms with van der Waals surface area (Å²) in [6, 6.07) is 3.33. The van der Waals surface area contributed by atoms with E-state index in [1.165, 1.54) is 11.3 Å². The predicted molar refractivity (Wildman–Crippen MR) is 75.2 cm³/mol. The van der Waals surface area contributed by atoms with Gasteiger partial charge in [0.1, 0.15) is 4.21 Å². The maximum absolute atomic E-state index is 12.0. The lowest BCUT2D eigenvalue weighted by Gasteiger charge is -2.25. The third-order valence-corrected chi connectivity index (χ3v) is 6.73. The van der Waals surface area contributed by atoms with Crippen LogP contribution in [0.1, 0.15) is 25.7 Å². The van der Waals surface area contributed by atoms with E-state index in [2.05, 4.69) is 20.7 Å². The van der Waals surface area contributed by atoms with Crippen molar-refractivity contribution in [3.05, 3.63) is 15.9 Å². The molecule has 18 heavy (non-hydrogen) atoms. The first-order valence-corrected chi connectivity index (χ1v) is 9.00. The second-order valence-electron chi connectivity index (χ2n) is 4.58. The highest BCUT2D eigenvalue weighted by atomic mass is 79.9. The lowest BCUT2D eigenvalue weighted by atomic mass is 9.88. The van der Waals surface area contributed by atoms with Crippen LogP contribution in [0, 0.1) is 5.92 Å². The summed E-state index contributed by atoms with van der Waals surface area (Å²) < 4.78 is 27.8. The lowest BCUT2D eigenvalue weighted by Crippen LogP contribution is -2.31. The van der Waals surface area contributed by atoms with Crippen molar-refractivity contribution in [3.63, 3.8) is 0 Å². The van der Waals surface area contributed by atoms with E-state index in [1.807, 2.05) is 0 Å². The van der Waals surface area contributed by atoms with Crippen LogP contribution in [0.15, 0.2) is 20.1 Å². The molecule has 0 radical (unpaired) electrons. The maximum Gasteiger partial charge on any atom is 0.250 e. The normalized spacial score (nSPS) is 25.2. The first-order valence-electron chi connectivity index (χ1n) is 5.90. The van der Waals surface area contributed by atoms with Crippen LogP contribution < -0.4 is 4.72 Å². The molecule has 1 saturated carbocycles. The molecule has 0 atom stereocenters. The van der Waals surface area contributed by atoms with Gasteiger partial charge in [0.2, 0.25) is 10.0 Å². The second kappa shape index (κ2) is 6.00. The summed E-state index contributed by atoms with van der Waals surface area (Å²) in [7, 11) is -3.38. The molecule has 0 aromatic carbocycles. The predicted octanol–water partition coefficient (Wildman–Crippen LogP) is 2.34. The van der Waals surface area contributed by atoms with Crippen molar-refractivity contribution in [2.75, 3.05) is 6.54 Å². The average Bonchev–Trinajstić information content (AvgIpc) is 2.76. The Kier molecular flexibility index (Phi) is 4.82. The van der Waals surface area contributed by atoms with E-state index < -0.39 is 10.0 Å². The molecular formula is C11H16BrNO3S2. The smallest absolute Gasteiger partial charge is 0.250 e. The van der Waals surface area contributed by atoms with Crippen molar-refractivity contribution in [3.8, 4) is 0 Å². The highest BCUT2D eigenvalue weighted by molar-refractivity contribution is 9.11. The van der Waals surface area contributed by atoms with E-state index in [0.29, 0.717) is 16.7 Å². The van der Waals surface area contributed by atoms with Gasteiger partial charge in [0.25, 0.3) is 0 Å². The molecule has 0 saturated heterocycles. The molecule has 0 aliphatic heterocycles. The monoisotopic (exact) mass is 353 g/mol. The first kappa shape index (κ1) is 14.5. The molecule has 0 spiro atoms. The van der Waals surface area contributed by atoms with Gasteiger partial charge < -0.3 is 5.11 Å². The van der Waals surface area contributed by atoms with E-state index in [4.69, 9.17) is 0 Å². The summed E-state index contributed by atoms with van der Waals surface area (Å²) >= 11 is 4.47. The molecule has 1 aromatic rings. The van der Waals surface area contributed by atoms with Gasteiger partial charge in [-0.2, -0.15) is 0 Å². The standard InChI is InChI=1S/C11H16BrNO3S2/c12-10-5-6-11(17-10)18(15,16)13-7-8-1-3-9(14)4-2-8/h5-6,8-9,13-14H,1-4,7H2. The average molecular weight is 354 g/mol. The zero-order chi connectivity index (χ0) is 13.2. The second-order valence-corrected chi connectivity index (χ2v) is 9.04.